The predicted molar refractivity (Wildman–Crippen MR) is 94.9 cm³/mol. The van der Waals surface area contributed by atoms with Gasteiger partial charge in [0.15, 0.2) is 0 Å². The summed E-state index contributed by atoms with van der Waals surface area (Å²) in [4.78, 5) is 26.0. The highest BCUT2D eigenvalue weighted by molar-refractivity contribution is 6.88. The van der Waals surface area contributed by atoms with Crippen LogP contribution in [0, 0.1) is 0 Å². The summed E-state index contributed by atoms with van der Waals surface area (Å²) in [5.41, 5.74) is 2.20. The summed E-state index contributed by atoms with van der Waals surface area (Å²) in [5.74, 6) is -0.353. The molecule has 3 rings (SSSR count). The van der Waals surface area contributed by atoms with Crippen LogP contribution >= 0.6 is 0 Å². The van der Waals surface area contributed by atoms with Crippen LogP contribution in [0.2, 0.25) is 19.6 Å². The minimum absolute atomic E-state index is 0.177. The Morgan fingerprint density at radius 2 is 1.35 bits per heavy atom. The second-order valence-electron chi connectivity index (χ2n) is 7.00. The highest BCUT2D eigenvalue weighted by Gasteiger charge is 2.34. The van der Waals surface area contributed by atoms with E-state index in [9.17, 15) is 9.59 Å². The molecule has 0 aliphatic carbocycles. The van der Waals surface area contributed by atoms with Crippen molar-refractivity contribution in [1.82, 2.24) is 4.90 Å². The molecule has 3 nitrogen and oxygen atoms in total. The Bertz CT molecular complexity index is 725. The van der Waals surface area contributed by atoms with Gasteiger partial charge in [0, 0.05) is 6.54 Å². The molecular formula is C19H21NO2Si. The molecule has 0 saturated carbocycles. The Hall–Kier alpha value is -2.20. The number of fused-ring (bicyclic) bond motifs is 1. The zero-order chi connectivity index (χ0) is 16.6. The van der Waals surface area contributed by atoms with Gasteiger partial charge in [-0.2, -0.15) is 0 Å². The quantitative estimate of drug-likeness (QED) is 0.640. The Balaban J connectivity index is 1.70. The van der Waals surface area contributed by atoms with Crippen LogP contribution in [0.3, 0.4) is 0 Å². The summed E-state index contributed by atoms with van der Waals surface area (Å²) in [7, 11) is -1.29. The minimum Gasteiger partial charge on any atom is -0.274 e. The van der Waals surface area contributed by atoms with Gasteiger partial charge in [-0.25, -0.2) is 0 Å². The molecule has 2 aromatic carbocycles. The monoisotopic (exact) mass is 323 g/mol. The van der Waals surface area contributed by atoms with Crippen LogP contribution in [0.1, 0.15) is 26.3 Å². The molecule has 0 atom stereocenters. The molecule has 2 aromatic rings. The number of nitrogens with zero attached hydrogens (tertiary/aromatic N) is 1. The number of carbonyl (C=O) groups is 2. The van der Waals surface area contributed by atoms with E-state index in [0.29, 0.717) is 24.1 Å². The van der Waals surface area contributed by atoms with Crippen molar-refractivity contribution in [2.24, 2.45) is 0 Å². The maximum atomic E-state index is 12.3. The van der Waals surface area contributed by atoms with E-state index in [-0.39, 0.29) is 11.8 Å². The number of hydrogen-bond acceptors (Lipinski definition) is 2. The molecule has 1 aliphatic rings. The molecule has 1 heterocycles. The van der Waals surface area contributed by atoms with Gasteiger partial charge in [-0.05, 0) is 24.1 Å². The molecule has 118 valence electrons. The van der Waals surface area contributed by atoms with E-state index in [1.54, 1.807) is 24.3 Å². The van der Waals surface area contributed by atoms with E-state index in [1.165, 1.54) is 10.1 Å². The highest BCUT2D eigenvalue weighted by Crippen LogP contribution is 2.22. The first-order chi connectivity index (χ1) is 10.9. The number of amides is 2. The van der Waals surface area contributed by atoms with E-state index in [4.69, 9.17) is 0 Å². The van der Waals surface area contributed by atoms with E-state index in [1.807, 2.05) is 0 Å². The molecule has 0 bridgehead atoms. The fraction of sp³-hybridized carbons (Fsp3) is 0.263. The van der Waals surface area contributed by atoms with Crippen molar-refractivity contribution in [2.75, 3.05) is 6.54 Å². The number of rotatable bonds is 4. The Labute approximate surface area is 138 Å². The van der Waals surface area contributed by atoms with Gasteiger partial charge in [0.1, 0.15) is 0 Å². The average molecular weight is 323 g/mol. The van der Waals surface area contributed by atoms with Crippen LogP contribution in [-0.2, 0) is 6.42 Å². The van der Waals surface area contributed by atoms with Gasteiger partial charge in [0.2, 0.25) is 0 Å². The molecule has 4 heteroatoms. The molecular weight excluding hydrogens is 302 g/mol. The number of hydrogen-bond donors (Lipinski definition) is 0. The van der Waals surface area contributed by atoms with E-state index in [2.05, 4.69) is 43.9 Å². The van der Waals surface area contributed by atoms with Crippen LogP contribution in [0.25, 0.3) is 0 Å². The highest BCUT2D eigenvalue weighted by atomic mass is 28.3. The SMILES string of the molecule is C[Si](C)(C)c1ccc(CCN2C(=O)c3ccccc3C2=O)cc1. The fourth-order valence-electron chi connectivity index (χ4n) is 2.85. The van der Waals surface area contributed by atoms with Crippen molar-refractivity contribution in [2.45, 2.75) is 26.1 Å². The van der Waals surface area contributed by atoms with Gasteiger partial charge in [0.25, 0.3) is 11.8 Å². The molecule has 0 spiro atoms. The normalized spacial score (nSPS) is 14.3. The van der Waals surface area contributed by atoms with Crippen molar-refractivity contribution in [3.63, 3.8) is 0 Å². The topological polar surface area (TPSA) is 37.4 Å². The van der Waals surface area contributed by atoms with Crippen molar-refractivity contribution in [1.29, 1.82) is 0 Å². The van der Waals surface area contributed by atoms with Crippen molar-refractivity contribution in [3.05, 3.63) is 65.2 Å². The summed E-state index contributed by atoms with van der Waals surface area (Å²) < 4.78 is 0. The minimum atomic E-state index is -1.29. The van der Waals surface area contributed by atoms with Crippen LogP contribution < -0.4 is 5.19 Å². The van der Waals surface area contributed by atoms with Gasteiger partial charge >= 0.3 is 0 Å². The van der Waals surface area contributed by atoms with Gasteiger partial charge in [0.05, 0.1) is 19.2 Å². The first kappa shape index (κ1) is 15.7. The van der Waals surface area contributed by atoms with Gasteiger partial charge in [-0.1, -0.05) is 61.2 Å². The van der Waals surface area contributed by atoms with Gasteiger partial charge < -0.3 is 0 Å². The molecule has 23 heavy (non-hydrogen) atoms. The maximum absolute atomic E-state index is 12.3. The Morgan fingerprint density at radius 3 is 1.83 bits per heavy atom. The number of carbonyl (C=O) groups excluding carboxylic acids is 2. The smallest absolute Gasteiger partial charge is 0.261 e. The summed E-state index contributed by atoms with van der Waals surface area (Å²) in [6.45, 7) is 7.39. The molecule has 0 saturated heterocycles. The lowest BCUT2D eigenvalue weighted by Crippen LogP contribution is -2.37. The fourth-order valence-corrected chi connectivity index (χ4v) is 4.02. The average Bonchev–Trinajstić information content (AvgIpc) is 2.77. The second-order valence-corrected chi connectivity index (χ2v) is 12.1. The van der Waals surface area contributed by atoms with Crippen LogP contribution in [0.15, 0.2) is 48.5 Å². The summed E-state index contributed by atoms with van der Waals surface area (Å²) in [6.07, 6.45) is 0.692. The molecule has 0 fully saturated rings. The van der Waals surface area contributed by atoms with Gasteiger partial charge in [-0.3, -0.25) is 14.5 Å². The molecule has 0 radical (unpaired) electrons. The number of imide groups is 1. The predicted octanol–water partition coefficient (Wildman–Crippen LogP) is 3.07. The second kappa shape index (κ2) is 5.78. The first-order valence-corrected chi connectivity index (χ1v) is 11.4. The summed E-state index contributed by atoms with van der Waals surface area (Å²) >= 11 is 0. The Morgan fingerprint density at radius 1 is 0.826 bits per heavy atom. The molecule has 0 aromatic heterocycles. The largest absolute Gasteiger partial charge is 0.274 e. The van der Waals surface area contributed by atoms with Crippen molar-refractivity contribution < 1.29 is 9.59 Å². The van der Waals surface area contributed by atoms with E-state index < -0.39 is 8.07 Å². The number of benzene rings is 2. The first-order valence-electron chi connectivity index (χ1n) is 7.92. The van der Waals surface area contributed by atoms with Crippen LogP contribution in [-0.4, -0.2) is 31.3 Å². The van der Waals surface area contributed by atoms with E-state index in [0.717, 1.165) is 5.56 Å². The lowest BCUT2D eigenvalue weighted by atomic mass is 10.1. The zero-order valence-electron chi connectivity index (χ0n) is 13.8. The molecule has 1 aliphatic heterocycles. The maximum Gasteiger partial charge on any atom is 0.261 e. The lowest BCUT2D eigenvalue weighted by Gasteiger charge is -2.17. The van der Waals surface area contributed by atoms with Gasteiger partial charge in [-0.15, -0.1) is 0 Å². The van der Waals surface area contributed by atoms with Crippen molar-refractivity contribution in [3.8, 4) is 0 Å². The third kappa shape index (κ3) is 2.99. The third-order valence-electron chi connectivity index (χ3n) is 4.32. The lowest BCUT2D eigenvalue weighted by molar-refractivity contribution is 0.0656. The van der Waals surface area contributed by atoms with Crippen molar-refractivity contribution >= 4 is 25.1 Å². The molecule has 0 N–H and O–H groups in total. The Kier molecular flexibility index (Phi) is 3.94. The summed E-state index contributed by atoms with van der Waals surface area (Å²) in [6, 6.07) is 15.6. The molecule has 0 unspecified atom stereocenters. The van der Waals surface area contributed by atoms with Crippen LogP contribution in [0.4, 0.5) is 0 Å². The van der Waals surface area contributed by atoms with Crippen LogP contribution in [0.5, 0.6) is 0 Å². The standard InChI is InChI=1S/C19H21NO2Si/c1-23(2,3)15-10-8-14(9-11-15)12-13-20-18(21)16-6-4-5-7-17(16)19(20)22/h4-11H,12-13H2,1-3H3. The third-order valence-corrected chi connectivity index (χ3v) is 6.39. The summed E-state index contributed by atoms with van der Waals surface area (Å²) in [5, 5.41) is 1.42. The van der Waals surface area contributed by atoms with E-state index >= 15 is 0 Å². The molecule has 2 amide bonds. The zero-order valence-corrected chi connectivity index (χ0v) is 14.8.